The quantitative estimate of drug-likeness (QED) is 0.517. The zero-order valence-corrected chi connectivity index (χ0v) is 19.5. The molecule has 0 heterocycles. The average Bonchev–Trinajstić information content (AvgIpc) is 3.41. The summed E-state index contributed by atoms with van der Waals surface area (Å²) in [6, 6.07) is 16.5. The van der Waals surface area contributed by atoms with Crippen molar-refractivity contribution in [3.8, 4) is 11.1 Å². The van der Waals surface area contributed by atoms with Gasteiger partial charge in [-0.15, -0.1) is 0 Å². The van der Waals surface area contributed by atoms with Gasteiger partial charge in [0.1, 0.15) is 6.61 Å². The standard InChI is InChI=1S/C27H32N2O5/c1-17(26(31)32)14-28-25(30)13-18-10-11-19(12-18)15-29-27(33)34-16-24-22-8-4-2-6-20(22)21-7-3-5-9-23(21)24/h2-9,17-19,24H,10-16H2,1H3,(H,28,30)(H,29,33)(H,31,32). The second-order valence-electron chi connectivity index (χ2n) is 9.50. The third kappa shape index (κ3) is 5.58. The zero-order valence-electron chi connectivity index (χ0n) is 19.5. The van der Waals surface area contributed by atoms with E-state index in [-0.39, 0.29) is 24.3 Å². The highest BCUT2D eigenvalue weighted by Gasteiger charge is 2.30. The molecule has 180 valence electrons. The summed E-state index contributed by atoms with van der Waals surface area (Å²) in [5.74, 6) is -1.01. The molecule has 0 aromatic heterocycles. The molecular weight excluding hydrogens is 432 g/mol. The number of alkyl carbamates (subject to hydrolysis) is 1. The number of carbonyl (C=O) groups excluding carboxylic acids is 2. The number of aliphatic carboxylic acids is 1. The maximum atomic E-state index is 12.4. The fourth-order valence-electron chi connectivity index (χ4n) is 5.12. The van der Waals surface area contributed by atoms with Crippen LogP contribution in [0, 0.1) is 17.8 Å². The normalized spacial score (nSPS) is 19.7. The van der Waals surface area contributed by atoms with E-state index in [2.05, 4.69) is 34.9 Å². The lowest BCUT2D eigenvalue weighted by Gasteiger charge is -2.16. The first-order valence-electron chi connectivity index (χ1n) is 12.0. The molecule has 0 radical (unpaired) electrons. The van der Waals surface area contributed by atoms with Crippen LogP contribution in [0.3, 0.4) is 0 Å². The summed E-state index contributed by atoms with van der Waals surface area (Å²) in [4.78, 5) is 35.4. The maximum absolute atomic E-state index is 12.4. The molecule has 7 nitrogen and oxygen atoms in total. The molecule has 0 spiro atoms. The van der Waals surface area contributed by atoms with Gasteiger partial charge in [0.15, 0.2) is 0 Å². The molecule has 7 heteroatoms. The third-order valence-electron chi connectivity index (χ3n) is 7.03. The van der Waals surface area contributed by atoms with Crippen LogP contribution in [0.25, 0.3) is 11.1 Å². The van der Waals surface area contributed by atoms with Crippen LogP contribution in [-0.4, -0.2) is 42.8 Å². The first-order valence-corrected chi connectivity index (χ1v) is 12.0. The first kappa shape index (κ1) is 23.8. The van der Waals surface area contributed by atoms with Crippen LogP contribution in [0.15, 0.2) is 48.5 Å². The van der Waals surface area contributed by atoms with Crippen LogP contribution in [0.2, 0.25) is 0 Å². The summed E-state index contributed by atoms with van der Waals surface area (Å²) < 4.78 is 5.60. The van der Waals surface area contributed by atoms with Crippen LogP contribution in [0.1, 0.15) is 49.7 Å². The van der Waals surface area contributed by atoms with Crippen LogP contribution in [0.4, 0.5) is 4.79 Å². The van der Waals surface area contributed by atoms with E-state index in [4.69, 9.17) is 9.84 Å². The fourth-order valence-corrected chi connectivity index (χ4v) is 5.12. The van der Waals surface area contributed by atoms with Gasteiger partial charge in [-0.05, 0) is 53.4 Å². The molecule has 2 aromatic rings. The second kappa shape index (κ2) is 10.7. The molecule has 34 heavy (non-hydrogen) atoms. The molecule has 3 atom stereocenters. The molecule has 2 aliphatic rings. The van der Waals surface area contributed by atoms with Crippen molar-refractivity contribution in [3.05, 3.63) is 59.7 Å². The molecule has 0 saturated heterocycles. The van der Waals surface area contributed by atoms with Gasteiger partial charge in [-0.2, -0.15) is 0 Å². The van der Waals surface area contributed by atoms with Gasteiger partial charge < -0.3 is 20.5 Å². The highest BCUT2D eigenvalue weighted by molar-refractivity contribution is 5.79. The molecule has 3 unspecified atom stereocenters. The minimum atomic E-state index is -0.916. The molecule has 2 amide bonds. The van der Waals surface area contributed by atoms with Gasteiger partial charge >= 0.3 is 12.1 Å². The Morgan fingerprint density at radius 1 is 0.971 bits per heavy atom. The van der Waals surface area contributed by atoms with Crippen molar-refractivity contribution in [1.82, 2.24) is 10.6 Å². The largest absolute Gasteiger partial charge is 0.481 e. The number of amides is 2. The topological polar surface area (TPSA) is 105 Å². The molecular formula is C27H32N2O5. The van der Waals surface area contributed by atoms with Crippen molar-refractivity contribution in [3.63, 3.8) is 0 Å². The summed E-state index contributed by atoms with van der Waals surface area (Å²) in [6.07, 6.45) is 2.73. The van der Waals surface area contributed by atoms with Crippen molar-refractivity contribution in [2.75, 3.05) is 19.7 Å². The number of fused-ring (bicyclic) bond motifs is 3. The minimum absolute atomic E-state index is 0.0383. The summed E-state index contributed by atoms with van der Waals surface area (Å²) in [5, 5.41) is 14.5. The number of carboxylic acid groups (broad SMARTS) is 1. The van der Waals surface area contributed by atoms with E-state index in [0.717, 1.165) is 19.3 Å². The Morgan fingerprint density at radius 2 is 1.59 bits per heavy atom. The average molecular weight is 465 g/mol. The van der Waals surface area contributed by atoms with Crippen molar-refractivity contribution in [1.29, 1.82) is 0 Å². The predicted octanol–water partition coefficient (Wildman–Crippen LogP) is 4.17. The number of hydrogen-bond acceptors (Lipinski definition) is 4. The van der Waals surface area contributed by atoms with Crippen LogP contribution >= 0.6 is 0 Å². The Hall–Kier alpha value is -3.35. The summed E-state index contributed by atoms with van der Waals surface area (Å²) in [5.41, 5.74) is 4.77. The highest BCUT2D eigenvalue weighted by Crippen LogP contribution is 2.44. The monoisotopic (exact) mass is 464 g/mol. The van der Waals surface area contributed by atoms with Gasteiger partial charge in [-0.25, -0.2) is 4.79 Å². The summed E-state index contributed by atoms with van der Waals surface area (Å²) in [7, 11) is 0. The Labute approximate surface area is 199 Å². The van der Waals surface area contributed by atoms with E-state index < -0.39 is 18.0 Å². The van der Waals surface area contributed by atoms with Crippen molar-refractivity contribution in [2.24, 2.45) is 17.8 Å². The van der Waals surface area contributed by atoms with Crippen LogP contribution in [0.5, 0.6) is 0 Å². The lowest BCUT2D eigenvalue weighted by Crippen LogP contribution is -2.32. The zero-order chi connectivity index (χ0) is 24.1. The Morgan fingerprint density at radius 3 is 2.24 bits per heavy atom. The summed E-state index contributed by atoms with van der Waals surface area (Å²) in [6.45, 7) is 2.55. The molecule has 2 aliphatic carbocycles. The number of rotatable bonds is 9. The Balaban J connectivity index is 1.19. The smallest absolute Gasteiger partial charge is 0.407 e. The predicted molar refractivity (Wildman–Crippen MR) is 128 cm³/mol. The van der Waals surface area contributed by atoms with Crippen LogP contribution in [-0.2, 0) is 14.3 Å². The van der Waals surface area contributed by atoms with Crippen molar-refractivity contribution < 1.29 is 24.2 Å². The molecule has 3 N–H and O–H groups in total. The van der Waals surface area contributed by atoms with E-state index in [1.807, 2.05) is 24.3 Å². The second-order valence-corrected chi connectivity index (χ2v) is 9.50. The van der Waals surface area contributed by atoms with Gasteiger partial charge in [-0.3, -0.25) is 9.59 Å². The van der Waals surface area contributed by atoms with Gasteiger partial charge in [0, 0.05) is 25.4 Å². The van der Waals surface area contributed by atoms with Gasteiger partial charge in [0.05, 0.1) is 5.92 Å². The van der Waals surface area contributed by atoms with Crippen LogP contribution < -0.4 is 10.6 Å². The van der Waals surface area contributed by atoms with Crippen molar-refractivity contribution >= 4 is 18.0 Å². The molecule has 4 rings (SSSR count). The van der Waals surface area contributed by atoms with E-state index in [1.165, 1.54) is 22.3 Å². The molecule has 1 saturated carbocycles. The number of hydrogen-bond donors (Lipinski definition) is 3. The van der Waals surface area contributed by atoms with Gasteiger partial charge in [0.2, 0.25) is 5.91 Å². The van der Waals surface area contributed by atoms with E-state index in [0.29, 0.717) is 25.5 Å². The molecule has 0 bridgehead atoms. The lowest BCUT2D eigenvalue weighted by atomic mass is 9.98. The highest BCUT2D eigenvalue weighted by atomic mass is 16.5. The number of carbonyl (C=O) groups is 3. The number of carboxylic acids is 1. The lowest BCUT2D eigenvalue weighted by molar-refractivity contribution is -0.141. The maximum Gasteiger partial charge on any atom is 0.407 e. The Bertz CT molecular complexity index is 1010. The third-order valence-corrected chi connectivity index (χ3v) is 7.03. The fraction of sp³-hybridized carbons (Fsp3) is 0.444. The molecule has 2 aromatic carbocycles. The van der Waals surface area contributed by atoms with Gasteiger partial charge in [-0.1, -0.05) is 55.5 Å². The SMILES string of the molecule is CC(CNC(=O)CC1CCC(CNC(=O)OCC2c3ccccc3-c3ccccc32)C1)C(=O)O. The van der Waals surface area contributed by atoms with E-state index in [9.17, 15) is 14.4 Å². The first-order chi connectivity index (χ1) is 16.4. The van der Waals surface area contributed by atoms with Gasteiger partial charge in [0.25, 0.3) is 0 Å². The van der Waals surface area contributed by atoms with Crippen molar-refractivity contribution in [2.45, 2.75) is 38.5 Å². The number of ether oxygens (including phenoxy) is 1. The number of benzene rings is 2. The van der Waals surface area contributed by atoms with E-state index in [1.54, 1.807) is 6.92 Å². The van der Waals surface area contributed by atoms with E-state index >= 15 is 0 Å². The number of nitrogens with one attached hydrogen (secondary N) is 2. The molecule has 1 fully saturated rings. The molecule has 0 aliphatic heterocycles. The summed E-state index contributed by atoms with van der Waals surface area (Å²) >= 11 is 0. The minimum Gasteiger partial charge on any atom is -0.481 e. The Kier molecular flexibility index (Phi) is 7.50.